The fraction of sp³-hybridized carbons (Fsp3) is 0.462. The zero-order valence-corrected chi connectivity index (χ0v) is 13.0. The Kier molecular flexibility index (Phi) is 6.60. The highest BCUT2D eigenvalue weighted by Crippen LogP contribution is 2.23. The van der Waals surface area contributed by atoms with Crippen molar-refractivity contribution < 1.29 is 9.90 Å². The van der Waals surface area contributed by atoms with Gasteiger partial charge in [-0.1, -0.05) is 0 Å². The van der Waals surface area contributed by atoms with Crippen LogP contribution in [0.3, 0.4) is 0 Å². The summed E-state index contributed by atoms with van der Waals surface area (Å²) in [6.07, 6.45) is 4.03. The summed E-state index contributed by atoms with van der Waals surface area (Å²) in [6, 6.07) is 4.07. The van der Waals surface area contributed by atoms with Crippen LogP contribution in [0.4, 0.5) is 0 Å². The molecule has 0 unspecified atom stereocenters. The van der Waals surface area contributed by atoms with Gasteiger partial charge in [0.1, 0.15) is 0 Å². The van der Waals surface area contributed by atoms with Gasteiger partial charge >= 0.3 is 0 Å². The molecule has 0 saturated carbocycles. The van der Waals surface area contributed by atoms with Crippen molar-refractivity contribution >= 4 is 39.2 Å². The van der Waals surface area contributed by atoms with Crippen molar-refractivity contribution in [2.45, 2.75) is 26.3 Å². The molecule has 5 heteroatoms. The summed E-state index contributed by atoms with van der Waals surface area (Å²) in [5.41, 5.74) is 0. The maximum Gasteiger partial charge on any atom is 0.246 e. The summed E-state index contributed by atoms with van der Waals surface area (Å²) >= 11 is 4.97. The standard InChI is InChI=1S/C13H18BrNO2S/c1-10(2)15(8-3-9-16)13(17)7-5-11-4-6-12(14)18-11/h4-7,10,16H,3,8-9H2,1-2H3/b7-5+. The molecule has 1 aromatic rings. The summed E-state index contributed by atoms with van der Waals surface area (Å²) in [5.74, 6) is -0.0111. The SMILES string of the molecule is CC(C)N(CCCO)C(=O)/C=C/c1ccc(Br)s1. The molecule has 100 valence electrons. The van der Waals surface area contributed by atoms with E-state index in [4.69, 9.17) is 5.11 Å². The number of halogens is 1. The number of hydrogen-bond donors (Lipinski definition) is 1. The van der Waals surface area contributed by atoms with Gasteiger partial charge in [0.05, 0.1) is 3.79 Å². The molecule has 1 rings (SSSR count). The van der Waals surface area contributed by atoms with E-state index in [1.807, 2.05) is 32.1 Å². The zero-order chi connectivity index (χ0) is 13.5. The maximum absolute atomic E-state index is 12.0. The molecule has 0 aromatic carbocycles. The van der Waals surface area contributed by atoms with Crippen LogP contribution in [0.5, 0.6) is 0 Å². The monoisotopic (exact) mass is 331 g/mol. The number of hydrogen-bond acceptors (Lipinski definition) is 3. The Morgan fingerprint density at radius 2 is 2.28 bits per heavy atom. The maximum atomic E-state index is 12.0. The number of aliphatic hydroxyl groups excluding tert-OH is 1. The molecule has 0 aliphatic carbocycles. The fourth-order valence-corrected chi connectivity index (χ4v) is 2.86. The molecule has 1 aromatic heterocycles. The molecular weight excluding hydrogens is 314 g/mol. The van der Waals surface area contributed by atoms with Gasteiger partial charge in [0, 0.05) is 30.1 Å². The molecular formula is C13H18BrNO2S. The van der Waals surface area contributed by atoms with Crippen molar-refractivity contribution in [3.05, 3.63) is 26.9 Å². The van der Waals surface area contributed by atoms with Crippen molar-refractivity contribution in [3.63, 3.8) is 0 Å². The van der Waals surface area contributed by atoms with Crippen LogP contribution in [0.25, 0.3) is 6.08 Å². The van der Waals surface area contributed by atoms with Crippen LogP contribution in [0.2, 0.25) is 0 Å². The van der Waals surface area contributed by atoms with Crippen LogP contribution in [0.15, 0.2) is 22.0 Å². The number of nitrogens with zero attached hydrogens (tertiary/aromatic N) is 1. The molecule has 0 bridgehead atoms. The van der Waals surface area contributed by atoms with Crippen molar-refractivity contribution in [1.82, 2.24) is 4.90 Å². The second-order valence-corrected chi connectivity index (χ2v) is 6.67. The van der Waals surface area contributed by atoms with E-state index in [9.17, 15) is 4.79 Å². The van der Waals surface area contributed by atoms with E-state index in [2.05, 4.69) is 15.9 Å². The van der Waals surface area contributed by atoms with Crippen LogP contribution in [-0.2, 0) is 4.79 Å². The fourth-order valence-electron chi connectivity index (χ4n) is 1.53. The minimum absolute atomic E-state index is 0.0111. The summed E-state index contributed by atoms with van der Waals surface area (Å²) < 4.78 is 1.05. The van der Waals surface area contributed by atoms with Crippen LogP contribution in [-0.4, -0.2) is 35.1 Å². The molecule has 18 heavy (non-hydrogen) atoms. The zero-order valence-electron chi connectivity index (χ0n) is 10.6. The predicted molar refractivity (Wildman–Crippen MR) is 79.6 cm³/mol. The summed E-state index contributed by atoms with van der Waals surface area (Å²) in [5, 5.41) is 8.83. The largest absolute Gasteiger partial charge is 0.396 e. The van der Waals surface area contributed by atoms with Gasteiger partial charge in [0.2, 0.25) is 5.91 Å². The molecule has 0 radical (unpaired) electrons. The predicted octanol–water partition coefficient (Wildman–Crippen LogP) is 3.14. The number of carbonyl (C=O) groups excluding carboxylic acids is 1. The highest BCUT2D eigenvalue weighted by Gasteiger charge is 2.13. The molecule has 0 fully saturated rings. The van der Waals surface area contributed by atoms with Gasteiger partial charge in [-0.2, -0.15) is 0 Å². The average molecular weight is 332 g/mol. The molecule has 0 atom stereocenters. The first-order chi connectivity index (χ1) is 8.54. The third kappa shape index (κ3) is 4.92. The molecule has 0 spiro atoms. The van der Waals surface area contributed by atoms with Crippen LogP contribution in [0.1, 0.15) is 25.1 Å². The van der Waals surface area contributed by atoms with Gasteiger partial charge in [0.25, 0.3) is 0 Å². The van der Waals surface area contributed by atoms with Gasteiger partial charge < -0.3 is 10.0 Å². The lowest BCUT2D eigenvalue weighted by molar-refractivity contribution is -0.127. The minimum Gasteiger partial charge on any atom is -0.396 e. The first-order valence-electron chi connectivity index (χ1n) is 5.89. The van der Waals surface area contributed by atoms with Gasteiger partial charge in [-0.25, -0.2) is 0 Å². The Hall–Kier alpha value is -0.650. The second-order valence-electron chi connectivity index (χ2n) is 4.18. The first kappa shape index (κ1) is 15.4. The number of carbonyl (C=O) groups is 1. The third-order valence-electron chi connectivity index (χ3n) is 2.45. The minimum atomic E-state index is -0.0111. The average Bonchev–Trinajstić information content (AvgIpc) is 2.72. The van der Waals surface area contributed by atoms with Crippen molar-refractivity contribution in [2.75, 3.05) is 13.2 Å². The third-order valence-corrected chi connectivity index (χ3v) is 4.04. The Balaban J connectivity index is 2.63. The van der Waals surface area contributed by atoms with Gasteiger partial charge in [-0.3, -0.25) is 4.79 Å². The van der Waals surface area contributed by atoms with E-state index < -0.39 is 0 Å². The molecule has 1 amide bonds. The highest BCUT2D eigenvalue weighted by atomic mass is 79.9. The van der Waals surface area contributed by atoms with Crippen LogP contribution in [0, 0.1) is 0 Å². The Labute approximate surface area is 120 Å². The molecule has 0 aliphatic heterocycles. The van der Waals surface area contributed by atoms with Gasteiger partial charge in [0.15, 0.2) is 0 Å². The van der Waals surface area contributed by atoms with Crippen molar-refractivity contribution in [3.8, 4) is 0 Å². The lowest BCUT2D eigenvalue weighted by Gasteiger charge is -2.25. The lowest BCUT2D eigenvalue weighted by atomic mass is 10.2. The van der Waals surface area contributed by atoms with Crippen LogP contribution < -0.4 is 0 Å². The highest BCUT2D eigenvalue weighted by molar-refractivity contribution is 9.11. The normalized spacial score (nSPS) is 11.4. The quantitative estimate of drug-likeness (QED) is 0.813. The van der Waals surface area contributed by atoms with E-state index in [-0.39, 0.29) is 18.6 Å². The first-order valence-corrected chi connectivity index (χ1v) is 7.50. The van der Waals surface area contributed by atoms with E-state index in [0.717, 1.165) is 8.66 Å². The number of thiophene rings is 1. The van der Waals surface area contributed by atoms with Crippen molar-refractivity contribution in [1.29, 1.82) is 0 Å². The molecule has 1 N–H and O–H groups in total. The molecule has 1 heterocycles. The Morgan fingerprint density at radius 1 is 1.56 bits per heavy atom. The van der Waals surface area contributed by atoms with Gasteiger partial charge in [-0.05, 0) is 54.4 Å². The van der Waals surface area contributed by atoms with E-state index in [1.165, 1.54) is 0 Å². The van der Waals surface area contributed by atoms with E-state index >= 15 is 0 Å². The van der Waals surface area contributed by atoms with Crippen molar-refractivity contribution in [2.24, 2.45) is 0 Å². The molecule has 0 aliphatic rings. The van der Waals surface area contributed by atoms with E-state index in [1.54, 1.807) is 22.3 Å². The summed E-state index contributed by atoms with van der Waals surface area (Å²) in [6.45, 7) is 4.65. The van der Waals surface area contributed by atoms with Crippen LogP contribution >= 0.6 is 27.3 Å². The molecule has 3 nitrogen and oxygen atoms in total. The van der Waals surface area contributed by atoms with E-state index in [0.29, 0.717) is 13.0 Å². The lowest BCUT2D eigenvalue weighted by Crippen LogP contribution is -2.36. The smallest absolute Gasteiger partial charge is 0.246 e. The van der Waals surface area contributed by atoms with Gasteiger partial charge in [-0.15, -0.1) is 11.3 Å². The Bertz CT molecular complexity index is 415. The number of aliphatic hydroxyl groups is 1. The summed E-state index contributed by atoms with van der Waals surface area (Å²) in [7, 11) is 0. The molecule has 0 saturated heterocycles. The number of rotatable bonds is 6. The summed E-state index contributed by atoms with van der Waals surface area (Å²) in [4.78, 5) is 14.8. The topological polar surface area (TPSA) is 40.5 Å². The number of amides is 1. The Morgan fingerprint density at radius 3 is 2.78 bits per heavy atom. The second kappa shape index (κ2) is 7.71.